The molecule has 1 aliphatic rings. The zero-order chi connectivity index (χ0) is 15.9. The van der Waals surface area contributed by atoms with Crippen LogP contribution < -0.4 is 10.9 Å². The largest absolute Gasteiger partial charge is 0.379 e. The predicted molar refractivity (Wildman–Crippen MR) is 80.7 cm³/mol. The second-order valence-corrected chi connectivity index (χ2v) is 5.36. The molecule has 0 aromatic carbocycles. The van der Waals surface area contributed by atoms with Crippen LogP contribution in [-0.2, 0) is 9.47 Å². The van der Waals surface area contributed by atoms with Gasteiger partial charge in [0, 0.05) is 19.0 Å². The van der Waals surface area contributed by atoms with E-state index in [1.165, 1.54) is 18.0 Å². The molecule has 1 aromatic heterocycles. The van der Waals surface area contributed by atoms with Crippen LogP contribution in [0.5, 0.6) is 0 Å². The highest BCUT2D eigenvalue weighted by atomic mass is 16.5. The minimum absolute atomic E-state index is 0.143. The van der Waals surface area contributed by atoms with Gasteiger partial charge < -0.3 is 19.8 Å². The summed E-state index contributed by atoms with van der Waals surface area (Å²) in [5, 5.41) is 2.77. The molecule has 1 saturated heterocycles. The quantitative estimate of drug-likeness (QED) is 0.779. The molecule has 7 heteroatoms. The molecule has 1 fully saturated rings. The number of allylic oxidation sites excluding steroid dienone is 1. The number of rotatable bonds is 5. The first kappa shape index (κ1) is 16.4. The van der Waals surface area contributed by atoms with Gasteiger partial charge in [-0.25, -0.2) is 4.98 Å². The van der Waals surface area contributed by atoms with Crippen LogP contribution in [0, 0.1) is 0 Å². The van der Waals surface area contributed by atoms with Gasteiger partial charge in [0.2, 0.25) is 0 Å². The van der Waals surface area contributed by atoms with Crippen molar-refractivity contribution < 1.29 is 14.3 Å². The van der Waals surface area contributed by atoms with E-state index >= 15 is 0 Å². The fourth-order valence-corrected chi connectivity index (χ4v) is 2.14. The Morgan fingerprint density at radius 1 is 1.59 bits per heavy atom. The van der Waals surface area contributed by atoms with Crippen LogP contribution in [0.2, 0.25) is 0 Å². The molecule has 0 aliphatic carbocycles. The fraction of sp³-hybridized carbons (Fsp3) is 0.533. The molecule has 1 aromatic rings. The highest BCUT2D eigenvalue weighted by Crippen LogP contribution is 2.12. The summed E-state index contributed by atoms with van der Waals surface area (Å²) in [5.74, 6) is -0.520. The lowest BCUT2D eigenvalue weighted by atomic mass is 10.1. The van der Waals surface area contributed by atoms with Crippen molar-refractivity contribution in [1.29, 1.82) is 0 Å². The zero-order valence-electron chi connectivity index (χ0n) is 12.8. The third-order valence-electron chi connectivity index (χ3n) is 3.33. The van der Waals surface area contributed by atoms with Crippen LogP contribution in [0.1, 0.15) is 30.8 Å². The lowest BCUT2D eigenvalue weighted by Gasteiger charge is -2.31. The topological polar surface area (TPSA) is 93.3 Å². The van der Waals surface area contributed by atoms with Crippen molar-refractivity contribution in [2.75, 3.05) is 19.8 Å². The molecular weight excluding hydrogens is 286 g/mol. The van der Waals surface area contributed by atoms with Crippen molar-refractivity contribution in [1.82, 2.24) is 15.3 Å². The third-order valence-corrected chi connectivity index (χ3v) is 3.33. The van der Waals surface area contributed by atoms with Crippen LogP contribution in [0.15, 0.2) is 28.8 Å². The molecule has 0 bridgehead atoms. The smallest absolute Gasteiger partial charge is 0.279 e. The molecule has 2 heterocycles. The summed E-state index contributed by atoms with van der Waals surface area (Å²) in [6, 6.07) is -0.298. The number of nitrogens with one attached hydrogen (secondary N) is 2. The summed E-state index contributed by atoms with van der Waals surface area (Å²) in [5.41, 5.74) is 0.502. The van der Waals surface area contributed by atoms with E-state index in [-0.39, 0.29) is 17.8 Å². The van der Waals surface area contributed by atoms with Crippen molar-refractivity contribution in [3.8, 4) is 0 Å². The van der Waals surface area contributed by atoms with Gasteiger partial charge in [0.25, 0.3) is 11.5 Å². The second-order valence-electron chi connectivity index (χ2n) is 5.36. The van der Waals surface area contributed by atoms with Crippen molar-refractivity contribution >= 4 is 5.91 Å². The van der Waals surface area contributed by atoms with Gasteiger partial charge in [0.05, 0.1) is 25.4 Å². The lowest BCUT2D eigenvalue weighted by Crippen LogP contribution is -2.51. The maximum atomic E-state index is 12.1. The molecular formula is C15H21N3O4. The molecule has 0 unspecified atom stereocenters. The molecule has 2 rings (SSSR count). The minimum Gasteiger partial charge on any atom is -0.379 e. The highest BCUT2D eigenvalue weighted by molar-refractivity contribution is 5.92. The average Bonchev–Trinajstić information content (AvgIpc) is 2.49. The van der Waals surface area contributed by atoms with E-state index < -0.39 is 11.5 Å². The fourth-order valence-electron chi connectivity index (χ4n) is 2.14. The van der Waals surface area contributed by atoms with Gasteiger partial charge in [-0.15, -0.1) is 0 Å². The normalized spacial score (nSPS) is 21.2. The Hall–Kier alpha value is -1.99. The van der Waals surface area contributed by atoms with E-state index in [9.17, 15) is 9.59 Å². The van der Waals surface area contributed by atoms with Gasteiger partial charge in [0.15, 0.2) is 5.69 Å². The number of nitrogens with zero attached hydrogens (tertiary/aromatic N) is 1. The number of aromatic nitrogens is 2. The summed E-state index contributed by atoms with van der Waals surface area (Å²) >= 11 is 0. The van der Waals surface area contributed by atoms with Gasteiger partial charge in [-0.05, 0) is 20.3 Å². The first-order valence-corrected chi connectivity index (χ1v) is 7.25. The molecule has 1 aliphatic heterocycles. The molecule has 0 spiro atoms. The second kappa shape index (κ2) is 7.86. The SMILES string of the molecule is CC(C)=CCO[C@@H]1CCOC[C@@H]1NC(=O)c1ncc[nH]c1=O. The van der Waals surface area contributed by atoms with Crippen molar-refractivity contribution in [3.05, 3.63) is 40.1 Å². The summed E-state index contributed by atoms with van der Waals surface area (Å²) in [6.07, 6.45) is 5.29. The first-order chi connectivity index (χ1) is 10.6. The first-order valence-electron chi connectivity index (χ1n) is 7.25. The Balaban J connectivity index is 1.99. The number of carbonyl (C=O) groups excluding carboxylic acids is 1. The summed E-state index contributed by atoms with van der Waals surface area (Å²) in [7, 11) is 0. The Bertz CT molecular complexity index is 592. The molecule has 7 nitrogen and oxygen atoms in total. The van der Waals surface area contributed by atoms with Gasteiger partial charge >= 0.3 is 0 Å². The molecule has 0 saturated carbocycles. The number of aromatic amines is 1. The number of H-pyrrole nitrogens is 1. The standard InChI is InChI=1S/C15H21N3O4/c1-10(2)3-8-22-12-4-7-21-9-11(12)18-15(20)13-14(19)17-6-5-16-13/h3,5-6,11-12H,4,7-9H2,1-2H3,(H,17,19)(H,18,20)/t11-,12+/m0/s1. The van der Waals surface area contributed by atoms with E-state index in [1.807, 2.05) is 19.9 Å². The van der Waals surface area contributed by atoms with E-state index in [0.29, 0.717) is 26.2 Å². The number of carbonyl (C=O) groups is 1. The summed E-state index contributed by atoms with van der Waals surface area (Å²) < 4.78 is 11.2. The van der Waals surface area contributed by atoms with Crippen LogP contribution >= 0.6 is 0 Å². The van der Waals surface area contributed by atoms with E-state index in [0.717, 1.165) is 0 Å². The molecule has 2 N–H and O–H groups in total. The lowest BCUT2D eigenvalue weighted by molar-refractivity contribution is -0.0458. The van der Waals surface area contributed by atoms with Crippen LogP contribution in [0.3, 0.4) is 0 Å². The van der Waals surface area contributed by atoms with E-state index in [2.05, 4.69) is 15.3 Å². The van der Waals surface area contributed by atoms with Crippen molar-refractivity contribution in [2.45, 2.75) is 32.4 Å². The molecule has 120 valence electrons. The Kier molecular flexibility index (Phi) is 5.85. The summed E-state index contributed by atoms with van der Waals surface area (Å²) in [6.45, 7) is 5.44. The predicted octanol–water partition coefficient (Wildman–Crippen LogP) is 0.640. The summed E-state index contributed by atoms with van der Waals surface area (Å²) in [4.78, 5) is 30.0. The van der Waals surface area contributed by atoms with Crippen molar-refractivity contribution in [2.24, 2.45) is 0 Å². The number of ether oxygens (including phenoxy) is 2. The number of hydrogen-bond donors (Lipinski definition) is 2. The maximum Gasteiger partial charge on any atom is 0.279 e. The Labute approximate surface area is 128 Å². The van der Waals surface area contributed by atoms with Gasteiger partial charge in [-0.1, -0.05) is 11.6 Å². The average molecular weight is 307 g/mol. The zero-order valence-corrected chi connectivity index (χ0v) is 12.8. The van der Waals surface area contributed by atoms with E-state index in [4.69, 9.17) is 9.47 Å². The molecule has 2 atom stereocenters. The van der Waals surface area contributed by atoms with Gasteiger partial charge in [-0.3, -0.25) is 9.59 Å². The molecule has 0 radical (unpaired) electrons. The van der Waals surface area contributed by atoms with Crippen molar-refractivity contribution in [3.63, 3.8) is 0 Å². The Morgan fingerprint density at radius 2 is 2.41 bits per heavy atom. The van der Waals surface area contributed by atoms with Crippen LogP contribution in [-0.4, -0.2) is 47.8 Å². The Morgan fingerprint density at radius 3 is 3.14 bits per heavy atom. The van der Waals surface area contributed by atoms with Gasteiger partial charge in [0.1, 0.15) is 0 Å². The minimum atomic E-state index is -0.520. The molecule has 1 amide bonds. The highest BCUT2D eigenvalue weighted by Gasteiger charge is 2.29. The van der Waals surface area contributed by atoms with Crippen LogP contribution in [0.25, 0.3) is 0 Å². The number of hydrogen-bond acceptors (Lipinski definition) is 5. The number of amides is 1. The van der Waals surface area contributed by atoms with Crippen LogP contribution in [0.4, 0.5) is 0 Å². The third kappa shape index (κ3) is 4.51. The molecule has 22 heavy (non-hydrogen) atoms. The van der Waals surface area contributed by atoms with Gasteiger partial charge in [-0.2, -0.15) is 0 Å². The monoisotopic (exact) mass is 307 g/mol. The van der Waals surface area contributed by atoms with E-state index in [1.54, 1.807) is 0 Å². The maximum absolute atomic E-state index is 12.1.